The molecule has 100 valence electrons. The predicted molar refractivity (Wildman–Crippen MR) is 68.0 cm³/mol. The van der Waals surface area contributed by atoms with Gasteiger partial charge in [0.2, 0.25) is 11.8 Å². The maximum Gasteiger partial charge on any atom is 0.273 e. The third-order valence-corrected chi connectivity index (χ3v) is 2.71. The molecule has 1 heterocycles. The summed E-state index contributed by atoms with van der Waals surface area (Å²) in [4.78, 5) is 34.4. The van der Waals surface area contributed by atoms with Crippen molar-refractivity contribution in [2.24, 2.45) is 0 Å². The molecule has 1 aromatic carbocycles. The van der Waals surface area contributed by atoms with Crippen LogP contribution in [0.1, 0.15) is 0 Å². The normalized spacial score (nSPS) is 15.1. The number of carbonyl (C=O) groups excluding carboxylic acids is 2. The first kappa shape index (κ1) is 12.8. The fraction of sp³-hybridized carbons (Fsp3) is 0.273. The van der Waals surface area contributed by atoms with E-state index in [1.165, 1.54) is 17.0 Å². The molecular formula is C11H12N4O4. The number of anilines is 2. The van der Waals surface area contributed by atoms with Crippen LogP contribution in [0.4, 0.5) is 17.1 Å². The third kappa shape index (κ3) is 2.79. The maximum atomic E-state index is 11.3. The molecule has 1 fully saturated rings. The third-order valence-electron chi connectivity index (χ3n) is 2.71. The minimum absolute atomic E-state index is 0.00391. The van der Waals surface area contributed by atoms with Gasteiger partial charge in [0, 0.05) is 30.6 Å². The quantitative estimate of drug-likeness (QED) is 0.456. The molecule has 1 saturated heterocycles. The molecule has 0 radical (unpaired) electrons. The number of nitro benzene ring substituents is 1. The highest BCUT2D eigenvalue weighted by molar-refractivity contribution is 6.02. The van der Waals surface area contributed by atoms with Gasteiger partial charge in [0.1, 0.15) is 0 Å². The zero-order valence-electron chi connectivity index (χ0n) is 10.2. The number of hydrogen-bond acceptors (Lipinski definition) is 6. The van der Waals surface area contributed by atoms with Crippen LogP contribution in [-0.2, 0) is 9.59 Å². The standard InChI is InChI=1S/C11H12N4O4/c1-12-7-2-8(4-9(3-7)15(18)19)14-5-10(16)13-11(17)6-14/h2-4,12H,5-6H2,1H3,(H,13,16,17). The molecule has 19 heavy (non-hydrogen) atoms. The average Bonchev–Trinajstić information content (AvgIpc) is 2.37. The number of non-ortho nitro benzene ring substituents is 1. The molecule has 8 heteroatoms. The van der Waals surface area contributed by atoms with Gasteiger partial charge >= 0.3 is 0 Å². The highest BCUT2D eigenvalue weighted by atomic mass is 16.6. The Kier molecular flexibility index (Phi) is 3.32. The first-order valence-corrected chi connectivity index (χ1v) is 5.54. The molecule has 2 rings (SSSR count). The number of amides is 2. The molecule has 0 spiro atoms. The van der Waals surface area contributed by atoms with Crippen LogP contribution >= 0.6 is 0 Å². The molecule has 0 atom stereocenters. The van der Waals surface area contributed by atoms with E-state index >= 15 is 0 Å². The lowest BCUT2D eigenvalue weighted by Gasteiger charge is -2.27. The van der Waals surface area contributed by atoms with Crippen molar-refractivity contribution in [2.45, 2.75) is 0 Å². The van der Waals surface area contributed by atoms with Crippen molar-refractivity contribution in [3.8, 4) is 0 Å². The first-order chi connectivity index (χ1) is 8.99. The van der Waals surface area contributed by atoms with Crippen molar-refractivity contribution in [2.75, 3.05) is 30.4 Å². The summed E-state index contributed by atoms with van der Waals surface area (Å²) >= 11 is 0. The summed E-state index contributed by atoms with van der Waals surface area (Å²) < 4.78 is 0. The summed E-state index contributed by atoms with van der Waals surface area (Å²) in [7, 11) is 1.64. The molecule has 0 saturated carbocycles. The lowest BCUT2D eigenvalue weighted by atomic mass is 10.2. The summed E-state index contributed by atoms with van der Waals surface area (Å²) in [5.41, 5.74) is 0.907. The molecule has 1 aromatic rings. The number of piperazine rings is 1. The van der Waals surface area contributed by atoms with Gasteiger partial charge in [-0.2, -0.15) is 0 Å². The number of benzene rings is 1. The number of nitrogens with one attached hydrogen (secondary N) is 2. The van der Waals surface area contributed by atoms with Gasteiger partial charge in [-0.15, -0.1) is 0 Å². The van der Waals surface area contributed by atoms with Crippen LogP contribution in [0.5, 0.6) is 0 Å². The van der Waals surface area contributed by atoms with E-state index in [1.54, 1.807) is 13.1 Å². The second-order valence-corrected chi connectivity index (χ2v) is 4.07. The fourth-order valence-electron chi connectivity index (χ4n) is 1.85. The van der Waals surface area contributed by atoms with E-state index in [4.69, 9.17) is 0 Å². The monoisotopic (exact) mass is 264 g/mol. The Bertz CT molecular complexity index is 542. The Morgan fingerprint density at radius 3 is 2.42 bits per heavy atom. The van der Waals surface area contributed by atoms with Crippen LogP contribution in [-0.4, -0.2) is 36.9 Å². The van der Waals surface area contributed by atoms with Gasteiger partial charge in [-0.05, 0) is 6.07 Å². The van der Waals surface area contributed by atoms with Crippen molar-refractivity contribution < 1.29 is 14.5 Å². The fourth-order valence-corrected chi connectivity index (χ4v) is 1.85. The Morgan fingerprint density at radius 1 is 1.26 bits per heavy atom. The Labute approximate surface area is 108 Å². The van der Waals surface area contributed by atoms with E-state index in [0.29, 0.717) is 11.4 Å². The second kappa shape index (κ2) is 4.92. The minimum atomic E-state index is -0.518. The molecule has 1 aliphatic rings. The van der Waals surface area contributed by atoms with Crippen LogP contribution in [0, 0.1) is 10.1 Å². The average molecular weight is 264 g/mol. The molecule has 8 nitrogen and oxygen atoms in total. The number of hydrogen-bond donors (Lipinski definition) is 2. The van der Waals surface area contributed by atoms with Gasteiger partial charge in [0.25, 0.3) is 5.69 Å². The van der Waals surface area contributed by atoms with Gasteiger partial charge in [-0.3, -0.25) is 25.0 Å². The zero-order valence-corrected chi connectivity index (χ0v) is 10.2. The SMILES string of the molecule is CNc1cc(N2CC(=O)NC(=O)C2)cc([N+](=O)[O-])c1. The lowest BCUT2D eigenvalue weighted by molar-refractivity contribution is -0.384. The molecule has 0 unspecified atom stereocenters. The van der Waals surface area contributed by atoms with Crippen LogP contribution in [0.2, 0.25) is 0 Å². The number of nitrogens with zero attached hydrogens (tertiary/aromatic N) is 2. The molecule has 2 amide bonds. The van der Waals surface area contributed by atoms with Crippen LogP contribution in [0.3, 0.4) is 0 Å². The smallest absolute Gasteiger partial charge is 0.273 e. The van der Waals surface area contributed by atoms with E-state index in [9.17, 15) is 19.7 Å². The number of carbonyl (C=O) groups is 2. The lowest BCUT2D eigenvalue weighted by Crippen LogP contribution is -2.51. The summed E-state index contributed by atoms with van der Waals surface area (Å²) in [5.74, 6) is -0.845. The van der Waals surface area contributed by atoms with E-state index < -0.39 is 16.7 Å². The maximum absolute atomic E-state index is 11.3. The number of nitro groups is 1. The van der Waals surface area contributed by atoms with Crippen LogP contribution < -0.4 is 15.5 Å². The summed E-state index contributed by atoms with van der Waals surface area (Å²) in [6, 6.07) is 4.38. The van der Waals surface area contributed by atoms with Gasteiger partial charge in [-0.25, -0.2) is 0 Å². The molecule has 1 aliphatic heterocycles. The summed E-state index contributed by atoms with van der Waals surface area (Å²) in [5, 5.41) is 15.8. The molecular weight excluding hydrogens is 252 g/mol. The molecule has 0 bridgehead atoms. The summed E-state index contributed by atoms with van der Waals surface area (Å²) in [6.45, 7) is -0.00781. The van der Waals surface area contributed by atoms with Crippen molar-refractivity contribution in [1.29, 1.82) is 0 Å². The number of imide groups is 1. The topological polar surface area (TPSA) is 105 Å². The van der Waals surface area contributed by atoms with Crippen molar-refractivity contribution >= 4 is 28.9 Å². The highest BCUT2D eigenvalue weighted by Gasteiger charge is 2.24. The Hall–Kier alpha value is -2.64. The van der Waals surface area contributed by atoms with E-state index in [0.717, 1.165) is 0 Å². The summed E-state index contributed by atoms with van der Waals surface area (Å²) in [6.07, 6.45) is 0. The second-order valence-electron chi connectivity index (χ2n) is 4.07. The Morgan fingerprint density at radius 2 is 1.89 bits per heavy atom. The largest absolute Gasteiger partial charge is 0.388 e. The van der Waals surface area contributed by atoms with Crippen molar-refractivity contribution in [3.63, 3.8) is 0 Å². The molecule has 0 aromatic heterocycles. The van der Waals surface area contributed by atoms with Crippen molar-refractivity contribution in [3.05, 3.63) is 28.3 Å². The predicted octanol–water partition coefficient (Wildman–Crippen LogP) is 0.0993. The zero-order chi connectivity index (χ0) is 14.0. The van der Waals surface area contributed by atoms with E-state index in [2.05, 4.69) is 10.6 Å². The first-order valence-electron chi connectivity index (χ1n) is 5.54. The van der Waals surface area contributed by atoms with Gasteiger partial charge in [0.15, 0.2) is 0 Å². The molecule has 0 aliphatic carbocycles. The van der Waals surface area contributed by atoms with Gasteiger partial charge < -0.3 is 10.2 Å². The van der Waals surface area contributed by atoms with Gasteiger partial charge in [0.05, 0.1) is 18.0 Å². The van der Waals surface area contributed by atoms with Crippen molar-refractivity contribution in [1.82, 2.24) is 5.32 Å². The minimum Gasteiger partial charge on any atom is -0.388 e. The van der Waals surface area contributed by atoms with Crippen LogP contribution in [0.25, 0.3) is 0 Å². The Balaban J connectivity index is 2.37. The van der Waals surface area contributed by atoms with Crippen LogP contribution in [0.15, 0.2) is 18.2 Å². The van der Waals surface area contributed by atoms with E-state index in [-0.39, 0.29) is 18.8 Å². The number of rotatable bonds is 3. The highest BCUT2D eigenvalue weighted by Crippen LogP contribution is 2.27. The molecule has 2 N–H and O–H groups in total. The van der Waals surface area contributed by atoms with E-state index in [1.807, 2.05) is 0 Å². The van der Waals surface area contributed by atoms with Gasteiger partial charge in [-0.1, -0.05) is 0 Å².